The quantitative estimate of drug-likeness (QED) is 0.813. The summed E-state index contributed by atoms with van der Waals surface area (Å²) < 4.78 is 5.42. The highest BCUT2D eigenvalue weighted by Crippen LogP contribution is 2.11. The summed E-state index contributed by atoms with van der Waals surface area (Å²) in [5, 5.41) is 11.7. The molecule has 0 aromatic heterocycles. The van der Waals surface area contributed by atoms with Gasteiger partial charge in [0.1, 0.15) is 12.3 Å². The average Bonchev–Trinajstić information content (AvgIpc) is 2.57. The maximum atomic E-state index is 12.1. The Balaban J connectivity index is 1.85. The Morgan fingerprint density at radius 1 is 1.25 bits per heavy atom. The number of carbonyl (C=O) groups is 1. The van der Waals surface area contributed by atoms with Gasteiger partial charge in [-0.15, -0.1) is 0 Å². The van der Waals surface area contributed by atoms with Crippen LogP contribution in [-0.2, 0) is 11.3 Å². The Kier molecular flexibility index (Phi) is 6.35. The van der Waals surface area contributed by atoms with Crippen LogP contribution in [0.4, 0.5) is 5.69 Å². The predicted molar refractivity (Wildman–Crippen MR) is 92.9 cm³/mol. The predicted octanol–water partition coefficient (Wildman–Crippen LogP) is 1.61. The van der Waals surface area contributed by atoms with E-state index in [1.807, 2.05) is 38.2 Å². The Morgan fingerprint density at radius 3 is 2.67 bits per heavy atom. The first-order valence-electron chi connectivity index (χ1n) is 7.93. The van der Waals surface area contributed by atoms with Gasteiger partial charge in [-0.3, -0.25) is 4.79 Å². The summed E-state index contributed by atoms with van der Waals surface area (Å²) in [6.07, 6.45) is 0. The molecule has 0 aliphatic heterocycles. The van der Waals surface area contributed by atoms with Crippen molar-refractivity contribution in [2.75, 3.05) is 25.5 Å². The van der Waals surface area contributed by atoms with E-state index in [9.17, 15) is 4.79 Å². The van der Waals surface area contributed by atoms with Gasteiger partial charge in [0.05, 0.1) is 25.3 Å². The Labute approximate surface area is 142 Å². The lowest BCUT2D eigenvalue weighted by Gasteiger charge is -2.14. The number of rotatable bonds is 7. The minimum atomic E-state index is -0.0754. The van der Waals surface area contributed by atoms with Gasteiger partial charge in [0, 0.05) is 11.3 Å². The van der Waals surface area contributed by atoms with E-state index < -0.39 is 0 Å². The molecule has 5 heteroatoms. The number of quaternary nitrogens is 1. The van der Waals surface area contributed by atoms with Gasteiger partial charge in [-0.25, -0.2) is 0 Å². The molecule has 2 aromatic carbocycles. The van der Waals surface area contributed by atoms with Crippen LogP contribution in [0.15, 0.2) is 48.5 Å². The van der Waals surface area contributed by atoms with Crippen LogP contribution in [0.2, 0.25) is 0 Å². The SMILES string of the molecule is CCOc1ccc(C[NH+](C)CC(=O)Nc2cccc(C#N)c2)cc1. The van der Waals surface area contributed by atoms with Crippen LogP contribution < -0.4 is 15.0 Å². The number of amides is 1. The third kappa shape index (κ3) is 5.41. The van der Waals surface area contributed by atoms with Gasteiger partial charge in [0.15, 0.2) is 6.54 Å². The Hall–Kier alpha value is -2.84. The molecule has 0 saturated heterocycles. The molecule has 0 aliphatic rings. The lowest BCUT2D eigenvalue weighted by molar-refractivity contribution is -0.885. The van der Waals surface area contributed by atoms with Crippen molar-refractivity contribution < 1.29 is 14.4 Å². The number of likely N-dealkylation sites (N-methyl/N-ethyl adjacent to an activating group) is 1. The minimum Gasteiger partial charge on any atom is -0.494 e. The monoisotopic (exact) mass is 324 g/mol. The van der Waals surface area contributed by atoms with Crippen LogP contribution in [0.5, 0.6) is 5.75 Å². The smallest absolute Gasteiger partial charge is 0.279 e. The first-order valence-corrected chi connectivity index (χ1v) is 7.93. The molecule has 0 fully saturated rings. The largest absolute Gasteiger partial charge is 0.494 e. The first-order chi connectivity index (χ1) is 11.6. The van der Waals surface area contributed by atoms with E-state index in [0.717, 1.165) is 22.8 Å². The van der Waals surface area contributed by atoms with Gasteiger partial charge in [-0.05, 0) is 49.4 Å². The molecular weight excluding hydrogens is 302 g/mol. The first kappa shape index (κ1) is 17.5. The Morgan fingerprint density at radius 2 is 2.00 bits per heavy atom. The lowest BCUT2D eigenvalue weighted by atomic mass is 10.2. The van der Waals surface area contributed by atoms with Gasteiger partial charge in [-0.2, -0.15) is 5.26 Å². The van der Waals surface area contributed by atoms with Crippen molar-refractivity contribution in [1.29, 1.82) is 5.26 Å². The van der Waals surface area contributed by atoms with E-state index in [2.05, 4.69) is 11.4 Å². The van der Waals surface area contributed by atoms with Crippen molar-refractivity contribution >= 4 is 11.6 Å². The number of benzene rings is 2. The normalized spacial score (nSPS) is 11.4. The van der Waals surface area contributed by atoms with E-state index in [-0.39, 0.29) is 5.91 Å². The number of nitriles is 1. The second kappa shape index (κ2) is 8.70. The molecular formula is C19H22N3O2+. The topological polar surface area (TPSA) is 66.6 Å². The highest BCUT2D eigenvalue weighted by molar-refractivity contribution is 5.91. The molecule has 0 spiro atoms. The second-order valence-electron chi connectivity index (χ2n) is 5.63. The number of hydrogen-bond acceptors (Lipinski definition) is 3. The summed E-state index contributed by atoms with van der Waals surface area (Å²) in [5.41, 5.74) is 2.33. The molecule has 5 nitrogen and oxygen atoms in total. The summed E-state index contributed by atoms with van der Waals surface area (Å²) in [4.78, 5) is 13.2. The van der Waals surface area contributed by atoms with Gasteiger partial charge < -0.3 is 15.0 Å². The third-order valence-corrected chi connectivity index (χ3v) is 3.48. The van der Waals surface area contributed by atoms with Crippen molar-refractivity contribution in [3.05, 3.63) is 59.7 Å². The van der Waals surface area contributed by atoms with Gasteiger partial charge in [0.2, 0.25) is 0 Å². The molecule has 0 aliphatic carbocycles. The molecule has 2 N–H and O–H groups in total. The van der Waals surface area contributed by atoms with E-state index in [1.54, 1.807) is 24.3 Å². The summed E-state index contributed by atoms with van der Waals surface area (Å²) >= 11 is 0. The summed E-state index contributed by atoms with van der Waals surface area (Å²) in [7, 11) is 1.97. The van der Waals surface area contributed by atoms with E-state index in [0.29, 0.717) is 24.4 Å². The molecule has 1 atom stereocenters. The third-order valence-electron chi connectivity index (χ3n) is 3.48. The number of ether oxygens (including phenoxy) is 1. The van der Waals surface area contributed by atoms with Crippen LogP contribution >= 0.6 is 0 Å². The average molecular weight is 324 g/mol. The van der Waals surface area contributed by atoms with Crippen LogP contribution in [0.3, 0.4) is 0 Å². The zero-order valence-electron chi connectivity index (χ0n) is 14.0. The number of anilines is 1. The molecule has 0 saturated carbocycles. The molecule has 2 aromatic rings. The fourth-order valence-electron chi connectivity index (χ4n) is 2.43. The maximum absolute atomic E-state index is 12.1. The second-order valence-corrected chi connectivity index (χ2v) is 5.63. The molecule has 2 rings (SSSR count). The van der Waals surface area contributed by atoms with Gasteiger partial charge >= 0.3 is 0 Å². The maximum Gasteiger partial charge on any atom is 0.279 e. The van der Waals surface area contributed by atoms with Crippen molar-refractivity contribution in [2.45, 2.75) is 13.5 Å². The molecule has 0 bridgehead atoms. The van der Waals surface area contributed by atoms with Gasteiger partial charge in [-0.1, -0.05) is 6.07 Å². The fraction of sp³-hybridized carbons (Fsp3) is 0.263. The van der Waals surface area contributed by atoms with E-state index in [4.69, 9.17) is 10.00 Å². The number of nitrogens with one attached hydrogen (secondary N) is 2. The van der Waals surface area contributed by atoms with Crippen molar-refractivity contribution in [1.82, 2.24) is 0 Å². The summed E-state index contributed by atoms with van der Waals surface area (Å²) in [5.74, 6) is 0.780. The van der Waals surface area contributed by atoms with Crippen molar-refractivity contribution in [3.8, 4) is 11.8 Å². The number of nitrogens with zero attached hydrogens (tertiary/aromatic N) is 1. The summed E-state index contributed by atoms with van der Waals surface area (Å²) in [6, 6.07) is 16.9. The molecule has 24 heavy (non-hydrogen) atoms. The molecule has 0 heterocycles. The van der Waals surface area contributed by atoms with Crippen LogP contribution in [-0.4, -0.2) is 26.1 Å². The zero-order chi connectivity index (χ0) is 17.4. The van der Waals surface area contributed by atoms with E-state index >= 15 is 0 Å². The lowest BCUT2D eigenvalue weighted by Crippen LogP contribution is -3.08. The molecule has 124 valence electrons. The highest BCUT2D eigenvalue weighted by atomic mass is 16.5. The zero-order valence-corrected chi connectivity index (χ0v) is 14.0. The van der Waals surface area contributed by atoms with Gasteiger partial charge in [0.25, 0.3) is 5.91 Å². The van der Waals surface area contributed by atoms with Crippen LogP contribution in [0.25, 0.3) is 0 Å². The van der Waals surface area contributed by atoms with E-state index in [1.165, 1.54) is 0 Å². The highest BCUT2D eigenvalue weighted by Gasteiger charge is 2.11. The standard InChI is InChI=1S/C19H21N3O2/c1-3-24-18-9-7-15(8-10-18)13-22(2)14-19(23)21-17-6-4-5-16(11-17)12-20/h4-11H,3,13-14H2,1-2H3,(H,21,23)/p+1. The van der Waals surface area contributed by atoms with Crippen molar-refractivity contribution in [2.24, 2.45) is 0 Å². The summed E-state index contributed by atoms with van der Waals surface area (Å²) in [6.45, 7) is 3.70. The molecule has 0 radical (unpaired) electrons. The molecule has 1 amide bonds. The molecule has 1 unspecified atom stereocenters. The van der Waals surface area contributed by atoms with Crippen LogP contribution in [0, 0.1) is 11.3 Å². The minimum absolute atomic E-state index is 0.0754. The fourth-order valence-corrected chi connectivity index (χ4v) is 2.43. The Bertz CT molecular complexity index is 720. The van der Waals surface area contributed by atoms with Crippen molar-refractivity contribution in [3.63, 3.8) is 0 Å². The van der Waals surface area contributed by atoms with Crippen LogP contribution in [0.1, 0.15) is 18.1 Å². The number of hydrogen-bond donors (Lipinski definition) is 2. The number of carbonyl (C=O) groups excluding carboxylic acids is 1.